The van der Waals surface area contributed by atoms with E-state index in [1.807, 2.05) is 19.1 Å². The number of hydrogen-bond donors (Lipinski definition) is 1. The Bertz CT molecular complexity index is 533. The highest BCUT2D eigenvalue weighted by Crippen LogP contribution is 2.34. The zero-order valence-corrected chi connectivity index (χ0v) is 13.1. The summed E-state index contributed by atoms with van der Waals surface area (Å²) in [6, 6.07) is 6.93. The van der Waals surface area contributed by atoms with Crippen molar-refractivity contribution in [3.05, 3.63) is 29.8 Å². The molecule has 1 aliphatic carbocycles. The highest BCUT2D eigenvalue weighted by molar-refractivity contribution is 7.92. The monoisotopic (exact) mass is 296 g/mol. The Morgan fingerprint density at radius 1 is 1.20 bits per heavy atom. The number of aryl methyl sites for hydroxylation is 1. The summed E-state index contributed by atoms with van der Waals surface area (Å²) in [5, 5.41) is 9.48. The second-order valence-electron chi connectivity index (χ2n) is 5.93. The second-order valence-corrected chi connectivity index (χ2v) is 8.10. The van der Waals surface area contributed by atoms with E-state index in [2.05, 4.69) is 6.92 Å². The molecule has 1 saturated carbocycles. The van der Waals surface area contributed by atoms with Gasteiger partial charge in [-0.15, -0.1) is 0 Å². The molecule has 1 aromatic rings. The summed E-state index contributed by atoms with van der Waals surface area (Å²) in [7, 11) is -3.43. The number of hydrogen-bond acceptors (Lipinski definition) is 3. The average Bonchev–Trinajstić information content (AvgIpc) is 2.41. The molecule has 3 nitrogen and oxygen atoms in total. The SMILES string of the molecule is CCCC1CCC(O)C(S(=O)(=O)c2ccc(C)cc2)C1. The summed E-state index contributed by atoms with van der Waals surface area (Å²) in [6.45, 7) is 4.05. The molecule has 0 heterocycles. The maximum atomic E-state index is 12.7. The van der Waals surface area contributed by atoms with Crippen LogP contribution in [-0.2, 0) is 9.84 Å². The molecular weight excluding hydrogens is 272 g/mol. The lowest BCUT2D eigenvalue weighted by Crippen LogP contribution is -2.39. The van der Waals surface area contributed by atoms with E-state index in [4.69, 9.17) is 0 Å². The van der Waals surface area contributed by atoms with Crippen molar-refractivity contribution in [1.29, 1.82) is 0 Å². The smallest absolute Gasteiger partial charge is 0.183 e. The Labute approximate surface area is 121 Å². The molecule has 4 heteroatoms. The zero-order valence-electron chi connectivity index (χ0n) is 12.2. The maximum absolute atomic E-state index is 12.7. The van der Waals surface area contributed by atoms with Crippen molar-refractivity contribution in [2.45, 2.75) is 62.2 Å². The largest absolute Gasteiger partial charge is 0.392 e. The maximum Gasteiger partial charge on any atom is 0.183 e. The fourth-order valence-corrected chi connectivity index (χ4v) is 5.04. The van der Waals surface area contributed by atoms with Crippen molar-refractivity contribution in [2.24, 2.45) is 5.92 Å². The van der Waals surface area contributed by atoms with E-state index in [1.54, 1.807) is 12.1 Å². The van der Waals surface area contributed by atoms with Gasteiger partial charge in [0.25, 0.3) is 0 Å². The number of aliphatic hydroxyl groups excluding tert-OH is 1. The molecule has 0 saturated heterocycles. The van der Waals surface area contributed by atoms with Gasteiger partial charge in [0, 0.05) is 0 Å². The van der Waals surface area contributed by atoms with Crippen molar-refractivity contribution < 1.29 is 13.5 Å². The van der Waals surface area contributed by atoms with Gasteiger partial charge in [-0.25, -0.2) is 8.42 Å². The van der Waals surface area contributed by atoms with Gasteiger partial charge in [-0.1, -0.05) is 37.5 Å². The molecule has 1 fully saturated rings. The standard InChI is InChI=1S/C16H24O3S/c1-3-4-13-7-10-15(17)16(11-13)20(18,19)14-8-5-12(2)6-9-14/h5-6,8-9,13,15-17H,3-4,7,10-11H2,1-2H3. The fourth-order valence-electron chi connectivity index (χ4n) is 3.10. The van der Waals surface area contributed by atoms with E-state index in [9.17, 15) is 13.5 Å². The van der Waals surface area contributed by atoms with Gasteiger partial charge >= 0.3 is 0 Å². The van der Waals surface area contributed by atoms with Crippen LogP contribution in [0.15, 0.2) is 29.2 Å². The number of benzene rings is 1. The van der Waals surface area contributed by atoms with Crippen LogP contribution in [0.3, 0.4) is 0 Å². The lowest BCUT2D eigenvalue weighted by atomic mass is 9.84. The van der Waals surface area contributed by atoms with Crippen molar-refractivity contribution in [3.8, 4) is 0 Å². The van der Waals surface area contributed by atoms with Gasteiger partial charge in [-0.2, -0.15) is 0 Å². The van der Waals surface area contributed by atoms with Crippen molar-refractivity contribution >= 4 is 9.84 Å². The lowest BCUT2D eigenvalue weighted by Gasteiger charge is -2.32. The Hall–Kier alpha value is -0.870. The summed E-state index contributed by atoms with van der Waals surface area (Å²) < 4.78 is 25.4. The third kappa shape index (κ3) is 3.23. The minimum atomic E-state index is -3.43. The minimum absolute atomic E-state index is 0.337. The van der Waals surface area contributed by atoms with Crippen LogP contribution in [0.1, 0.15) is 44.6 Å². The van der Waals surface area contributed by atoms with Crippen LogP contribution in [0.4, 0.5) is 0 Å². The predicted molar refractivity (Wildman–Crippen MR) is 80.4 cm³/mol. The molecule has 1 aliphatic rings. The fraction of sp³-hybridized carbons (Fsp3) is 0.625. The molecular formula is C16H24O3S. The van der Waals surface area contributed by atoms with E-state index in [-0.39, 0.29) is 0 Å². The van der Waals surface area contributed by atoms with Gasteiger partial charge in [-0.05, 0) is 44.2 Å². The van der Waals surface area contributed by atoms with E-state index >= 15 is 0 Å². The molecule has 0 amide bonds. The Kier molecular flexibility index (Phi) is 4.86. The van der Waals surface area contributed by atoms with Gasteiger partial charge in [-0.3, -0.25) is 0 Å². The van der Waals surface area contributed by atoms with Crippen molar-refractivity contribution in [3.63, 3.8) is 0 Å². The molecule has 20 heavy (non-hydrogen) atoms. The summed E-state index contributed by atoms with van der Waals surface area (Å²) in [4.78, 5) is 0.337. The zero-order chi connectivity index (χ0) is 14.8. The topological polar surface area (TPSA) is 54.4 Å². The van der Waals surface area contributed by atoms with Gasteiger partial charge in [0.05, 0.1) is 16.2 Å². The number of rotatable bonds is 4. The third-order valence-electron chi connectivity index (χ3n) is 4.31. The van der Waals surface area contributed by atoms with E-state index < -0.39 is 21.2 Å². The van der Waals surface area contributed by atoms with Crippen LogP contribution in [0.2, 0.25) is 0 Å². The first-order valence-corrected chi connectivity index (χ1v) is 8.98. The van der Waals surface area contributed by atoms with Crippen LogP contribution in [-0.4, -0.2) is 24.9 Å². The van der Waals surface area contributed by atoms with Crippen LogP contribution in [0.5, 0.6) is 0 Å². The van der Waals surface area contributed by atoms with Crippen LogP contribution >= 0.6 is 0 Å². The Balaban J connectivity index is 2.24. The molecule has 0 bridgehead atoms. The summed E-state index contributed by atoms with van der Waals surface area (Å²) in [5.41, 5.74) is 1.04. The molecule has 1 N–H and O–H groups in total. The summed E-state index contributed by atoms with van der Waals surface area (Å²) >= 11 is 0. The van der Waals surface area contributed by atoms with E-state index in [1.165, 1.54) is 0 Å². The van der Waals surface area contributed by atoms with Crippen LogP contribution < -0.4 is 0 Å². The summed E-state index contributed by atoms with van der Waals surface area (Å²) in [6.07, 6.45) is 3.51. The molecule has 1 aromatic carbocycles. The van der Waals surface area contributed by atoms with E-state index in [0.29, 0.717) is 23.7 Å². The summed E-state index contributed by atoms with van der Waals surface area (Å²) in [5.74, 6) is 0.425. The second kappa shape index (κ2) is 6.27. The first kappa shape index (κ1) is 15.5. The molecule has 0 aromatic heterocycles. The Morgan fingerprint density at radius 3 is 2.45 bits per heavy atom. The molecule has 0 spiro atoms. The van der Waals surface area contributed by atoms with Crippen LogP contribution in [0, 0.1) is 12.8 Å². The molecule has 112 valence electrons. The highest BCUT2D eigenvalue weighted by atomic mass is 32.2. The molecule has 2 rings (SSSR count). The lowest BCUT2D eigenvalue weighted by molar-refractivity contribution is 0.109. The predicted octanol–water partition coefficient (Wildman–Crippen LogP) is 3.10. The molecule has 3 unspecified atom stereocenters. The van der Waals surface area contributed by atoms with Crippen molar-refractivity contribution in [1.82, 2.24) is 0 Å². The van der Waals surface area contributed by atoms with Gasteiger partial charge in [0.1, 0.15) is 0 Å². The van der Waals surface area contributed by atoms with Gasteiger partial charge < -0.3 is 5.11 Å². The molecule has 3 atom stereocenters. The Morgan fingerprint density at radius 2 is 1.85 bits per heavy atom. The first-order valence-electron chi connectivity index (χ1n) is 7.43. The van der Waals surface area contributed by atoms with Crippen LogP contribution in [0.25, 0.3) is 0 Å². The normalized spacial score (nSPS) is 27.4. The highest BCUT2D eigenvalue weighted by Gasteiger charge is 2.38. The minimum Gasteiger partial charge on any atom is -0.392 e. The van der Waals surface area contributed by atoms with E-state index in [0.717, 1.165) is 24.8 Å². The quantitative estimate of drug-likeness (QED) is 0.929. The van der Waals surface area contributed by atoms with Crippen molar-refractivity contribution in [2.75, 3.05) is 0 Å². The molecule has 0 radical (unpaired) electrons. The first-order chi connectivity index (χ1) is 9.45. The van der Waals surface area contributed by atoms with Gasteiger partial charge in [0.15, 0.2) is 9.84 Å². The van der Waals surface area contributed by atoms with Gasteiger partial charge in [0.2, 0.25) is 0 Å². The molecule has 0 aliphatic heterocycles. The number of sulfone groups is 1. The average molecular weight is 296 g/mol. The third-order valence-corrected chi connectivity index (χ3v) is 6.54. The number of aliphatic hydroxyl groups is 1.